The van der Waals surface area contributed by atoms with E-state index in [1.165, 1.54) is 5.56 Å². The predicted molar refractivity (Wildman–Crippen MR) is 69.6 cm³/mol. The highest BCUT2D eigenvalue weighted by atomic mass is 15.3. The SMILES string of the molecule is CC1CN(Cc2cnn(C(C)(C)C)c2)CC1N. The smallest absolute Gasteiger partial charge is 0.0543 e. The van der Waals surface area contributed by atoms with E-state index in [1.54, 1.807) is 0 Å². The van der Waals surface area contributed by atoms with Crippen LogP contribution >= 0.6 is 0 Å². The average Bonchev–Trinajstić information content (AvgIpc) is 2.75. The molecule has 1 fully saturated rings. The van der Waals surface area contributed by atoms with Gasteiger partial charge in [-0.1, -0.05) is 6.92 Å². The van der Waals surface area contributed by atoms with Crippen molar-refractivity contribution < 1.29 is 0 Å². The number of nitrogens with zero attached hydrogens (tertiary/aromatic N) is 3. The maximum Gasteiger partial charge on any atom is 0.0543 e. The molecule has 0 amide bonds. The van der Waals surface area contributed by atoms with Crippen LogP contribution in [0.5, 0.6) is 0 Å². The number of rotatable bonds is 2. The van der Waals surface area contributed by atoms with Gasteiger partial charge in [0.1, 0.15) is 0 Å². The lowest BCUT2D eigenvalue weighted by Gasteiger charge is -2.19. The first-order chi connectivity index (χ1) is 7.86. The summed E-state index contributed by atoms with van der Waals surface area (Å²) in [6.07, 6.45) is 4.12. The van der Waals surface area contributed by atoms with Crippen molar-refractivity contribution in [3.8, 4) is 0 Å². The van der Waals surface area contributed by atoms with Crippen molar-refractivity contribution in [3.63, 3.8) is 0 Å². The second-order valence-corrected chi connectivity index (χ2v) is 6.30. The molecule has 96 valence electrons. The Morgan fingerprint density at radius 1 is 1.41 bits per heavy atom. The zero-order chi connectivity index (χ0) is 12.6. The topological polar surface area (TPSA) is 47.1 Å². The van der Waals surface area contributed by atoms with Gasteiger partial charge in [-0.3, -0.25) is 9.58 Å². The van der Waals surface area contributed by atoms with Gasteiger partial charge >= 0.3 is 0 Å². The quantitative estimate of drug-likeness (QED) is 0.844. The molecule has 0 bridgehead atoms. The van der Waals surface area contributed by atoms with E-state index in [0.717, 1.165) is 19.6 Å². The van der Waals surface area contributed by atoms with Crippen molar-refractivity contribution in [2.24, 2.45) is 11.7 Å². The van der Waals surface area contributed by atoms with Crippen LogP contribution in [0, 0.1) is 5.92 Å². The number of hydrogen-bond acceptors (Lipinski definition) is 3. The van der Waals surface area contributed by atoms with Crippen molar-refractivity contribution in [1.82, 2.24) is 14.7 Å². The Kier molecular flexibility index (Phi) is 3.27. The van der Waals surface area contributed by atoms with Gasteiger partial charge in [-0.15, -0.1) is 0 Å². The molecule has 2 atom stereocenters. The zero-order valence-electron chi connectivity index (χ0n) is 11.3. The summed E-state index contributed by atoms with van der Waals surface area (Å²) in [6, 6.07) is 0.327. The van der Waals surface area contributed by atoms with Gasteiger partial charge in [0.2, 0.25) is 0 Å². The maximum atomic E-state index is 6.03. The summed E-state index contributed by atoms with van der Waals surface area (Å²) >= 11 is 0. The Morgan fingerprint density at radius 2 is 2.12 bits per heavy atom. The Morgan fingerprint density at radius 3 is 2.59 bits per heavy atom. The molecule has 0 saturated carbocycles. The standard InChI is InChI=1S/C13H24N4/c1-10-6-16(9-12(10)14)7-11-5-15-17(8-11)13(2,3)4/h5,8,10,12H,6-7,9,14H2,1-4H3. The van der Waals surface area contributed by atoms with Crippen molar-refractivity contribution in [3.05, 3.63) is 18.0 Å². The van der Waals surface area contributed by atoms with Gasteiger partial charge in [-0.05, 0) is 26.7 Å². The maximum absolute atomic E-state index is 6.03. The summed E-state index contributed by atoms with van der Waals surface area (Å²) in [6.45, 7) is 11.8. The lowest BCUT2D eigenvalue weighted by Crippen LogP contribution is -2.28. The van der Waals surface area contributed by atoms with Crippen molar-refractivity contribution in [2.75, 3.05) is 13.1 Å². The van der Waals surface area contributed by atoms with Gasteiger partial charge in [-0.25, -0.2) is 0 Å². The van der Waals surface area contributed by atoms with E-state index < -0.39 is 0 Å². The minimum atomic E-state index is 0.0625. The third kappa shape index (κ3) is 2.87. The Hall–Kier alpha value is -0.870. The minimum absolute atomic E-state index is 0.0625. The second kappa shape index (κ2) is 4.42. The summed E-state index contributed by atoms with van der Waals surface area (Å²) in [5, 5.41) is 4.43. The molecule has 0 spiro atoms. The molecule has 17 heavy (non-hydrogen) atoms. The molecule has 4 heteroatoms. The Labute approximate surface area is 104 Å². The molecular formula is C13H24N4. The van der Waals surface area contributed by atoms with E-state index in [0.29, 0.717) is 12.0 Å². The van der Waals surface area contributed by atoms with Crippen LogP contribution in [-0.2, 0) is 12.1 Å². The number of nitrogens with two attached hydrogens (primary N) is 1. The molecule has 2 N–H and O–H groups in total. The highest BCUT2D eigenvalue weighted by Gasteiger charge is 2.26. The summed E-state index contributed by atoms with van der Waals surface area (Å²) in [5.74, 6) is 0.604. The van der Waals surface area contributed by atoms with E-state index in [1.807, 2.05) is 10.9 Å². The molecule has 1 saturated heterocycles. The van der Waals surface area contributed by atoms with Gasteiger partial charge in [0, 0.05) is 37.4 Å². The largest absolute Gasteiger partial charge is 0.326 e. The third-order valence-corrected chi connectivity index (χ3v) is 3.48. The second-order valence-electron chi connectivity index (χ2n) is 6.30. The van der Waals surface area contributed by atoms with Gasteiger partial charge in [0.05, 0.1) is 11.7 Å². The van der Waals surface area contributed by atoms with E-state index in [4.69, 9.17) is 5.73 Å². The summed E-state index contributed by atoms with van der Waals surface area (Å²) in [4.78, 5) is 2.42. The fourth-order valence-corrected chi connectivity index (χ4v) is 2.29. The molecule has 2 heterocycles. The molecule has 0 radical (unpaired) electrons. The lowest BCUT2D eigenvalue weighted by molar-refractivity contribution is 0.317. The Bertz CT molecular complexity index is 367. The highest BCUT2D eigenvalue weighted by molar-refractivity contribution is 5.06. The third-order valence-electron chi connectivity index (χ3n) is 3.48. The minimum Gasteiger partial charge on any atom is -0.326 e. The Balaban J connectivity index is 1.98. The van der Waals surface area contributed by atoms with Crippen LogP contribution in [0.3, 0.4) is 0 Å². The normalized spacial score (nSPS) is 26.6. The number of aromatic nitrogens is 2. The van der Waals surface area contributed by atoms with E-state index >= 15 is 0 Å². The molecule has 0 aromatic carbocycles. The first kappa shape index (κ1) is 12.6. The number of hydrogen-bond donors (Lipinski definition) is 1. The molecule has 2 unspecified atom stereocenters. The molecule has 0 aliphatic carbocycles. The summed E-state index contributed by atoms with van der Waals surface area (Å²) in [7, 11) is 0. The monoisotopic (exact) mass is 236 g/mol. The van der Waals surface area contributed by atoms with Crippen LogP contribution in [0.2, 0.25) is 0 Å². The molecule has 1 aliphatic rings. The first-order valence-corrected chi connectivity index (χ1v) is 6.38. The average molecular weight is 236 g/mol. The van der Waals surface area contributed by atoms with E-state index in [2.05, 4.69) is 43.9 Å². The van der Waals surface area contributed by atoms with Crippen LogP contribution in [0.4, 0.5) is 0 Å². The van der Waals surface area contributed by atoms with Gasteiger partial charge in [0.25, 0.3) is 0 Å². The fourth-order valence-electron chi connectivity index (χ4n) is 2.29. The van der Waals surface area contributed by atoms with Gasteiger partial charge in [0.15, 0.2) is 0 Å². The van der Waals surface area contributed by atoms with Crippen LogP contribution in [-0.4, -0.2) is 33.8 Å². The van der Waals surface area contributed by atoms with Crippen LogP contribution in [0.1, 0.15) is 33.3 Å². The van der Waals surface area contributed by atoms with Crippen LogP contribution in [0.25, 0.3) is 0 Å². The summed E-state index contributed by atoms with van der Waals surface area (Å²) in [5.41, 5.74) is 7.38. The molecule has 2 rings (SSSR count). The molecular weight excluding hydrogens is 212 g/mol. The van der Waals surface area contributed by atoms with Crippen molar-refractivity contribution in [2.45, 2.75) is 45.8 Å². The number of likely N-dealkylation sites (tertiary alicyclic amines) is 1. The van der Waals surface area contributed by atoms with E-state index in [-0.39, 0.29) is 5.54 Å². The molecule has 4 nitrogen and oxygen atoms in total. The van der Waals surface area contributed by atoms with Crippen molar-refractivity contribution in [1.29, 1.82) is 0 Å². The van der Waals surface area contributed by atoms with E-state index in [9.17, 15) is 0 Å². The molecule has 1 aliphatic heterocycles. The lowest BCUT2D eigenvalue weighted by atomic mass is 10.1. The highest BCUT2D eigenvalue weighted by Crippen LogP contribution is 2.18. The van der Waals surface area contributed by atoms with Crippen molar-refractivity contribution >= 4 is 0 Å². The van der Waals surface area contributed by atoms with Crippen LogP contribution < -0.4 is 5.73 Å². The fraction of sp³-hybridized carbons (Fsp3) is 0.769. The van der Waals surface area contributed by atoms with Crippen LogP contribution in [0.15, 0.2) is 12.4 Å². The molecule has 1 aromatic heterocycles. The van der Waals surface area contributed by atoms with Gasteiger partial charge < -0.3 is 5.73 Å². The van der Waals surface area contributed by atoms with Gasteiger partial charge in [-0.2, -0.15) is 5.10 Å². The zero-order valence-corrected chi connectivity index (χ0v) is 11.3. The first-order valence-electron chi connectivity index (χ1n) is 6.38. The summed E-state index contributed by atoms with van der Waals surface area (Å²) < 4.78 is 2.03. The molecule has 1 aromatic rings. The predicted octanol–water partition coefficient (Wildman–Crippen LogP) is 1.42.